The van der Waals surface area contributed by atoms with E-state index in [1.165, 1.54) is 25.5 Å². The van der Waals surface area contributed by atoms with Crippen LogP contribution in [0.25, 0.3) is 11.1 Å². The number of nitrogens with one attached hydrogen (secondary N) is 2. The first-order chi connectivity index (χ1) is 17.7. The molecule has 2 saturated carbocycles. The van der Waals surface area contributed by atoms with Gasteiger partial charge in [0.1, 0.15) is 11.7 Å². The Morgan fingerprint density at radius 1 is 1.05 bits per heavy atom. The number of amides is 2. The van der Waals surface area contributed by atoms with Gasteiger partial charge in [0.15, 0.2) is 0 Å². The van der Waals surface area contributed by atoms with Crippen LogP contribution in [0.4, 0.5) is 18.9 Å². The van der Waals surface area contributed by atoms with Gasteiger partial charge < -0.3 is 10.6 Å². The predicted octanol–water partition coefficient (Wildman–Crippen LogP) is 5.08. The van der Waals surface area contributed by atoms with E-state index < -0.39 is 17.8 Å². The fourth-order valence-corrected chi connectivity index (χ4v) is 5.53. The molecule has 10 heteroatoms. The van der Waals surface area contributed by atoms with E-state index in [9.17, 15) is 22.8 Å². The summed E-state index contributed by atoms with van der Waals surface area (Å²) in [5.74, 6) is 0.550. The van der Waals surface area contributed by atoms with Crippen molar-refractivity contribution >= 4 is 17.5 Å². The van der Waals surface area contributed by atoms with Crippen LogP contribution in [0.5, 0.6) is 0 Å². The van der Waals surface area contributed by atoms with Crippen LogP contribution in [0.3, 0.4) is 0 Å². The second kappa shape index (κ2) is 9.64. The van der Waals surface area contributed by atoms with Crippen LogP contribution in [0.1, 0.15) is 47.9 Å². The molecule has 7 nitrogen and oxygen atoms in total. The third-order valence-corrected chi connectivity index (χ3v) is 7.46. The Morgan fingerprint density at radius 2 is 1.76 bits per heavy atom. The molecule has 2 aliphatic carbocycles. The van der Waals surface area contributed by atoms with Crippen LogP contribution >= 0.6 is 0 Å². The highest BCUT2D eigenvalue weighted by Gasteiger charge is 2.49. The molecule has 37 heavy (non-hydrogen) atoms. The van der Waals surface area contributed by atoms with E-state index >= 15 is 0 Å². The molecule has 2 N–H and O–H groups in total. The Kier molecular flexibility index (Phi) is 6.51. The van der Waals surface area contributed by atoms with Crippen molar-refractivity contribution in [3.63, 3.8) is 0 Å². The van der Waals surface area contributed by atoms with Gasteiger partial charge in [-0.05, 0) is 80.7 Å². The molecule has 2 heterocycles. The zero-order valence-electron chi connectivity index (χ0n) is 20.5. The van der Waals surface area contributed by atoms with E-state index in [4.69, 9.17) is 0 Å². The smallest absolute Gasteiger partial charge is 0.339 e. The first-order valence-electron chi connectivity index (χ1n) is 12.4. The van der Waals surface area contributed by atoms with E-state index in [0.29, 0.717) is 35.3 Å². The molecule has 1 aromatic carbocycles. The molecule has 0 radical (unpaired) electrons. The predicted molar refractivity (Wildman–Crippen MR) is 132 cm³/mol. The summed E-state index contributed by atoms with van der Waals surface area (Å²) in [6, 6.07) is 8.06. The van der Waals surface area contributed by atoms with Crippen LogP contribution in [0.15, 0.2) is 48.8 Å². The summed E-state index contributed by atoms with van der Waals surface area (Å²) in [6.07, 6.45) is 1.12. The zero-order valence-corrected chi connectivity index (χ0v) is 20.5. The number of carbonyl (C=O) groups is 2. The van der Waals surface area contributed by atoms with Gasteiger partial charge >= 0.3 is 6.18 Å². The molecule has 3 aromatic rings. The first kappa shape index (κ1) is 25.0. The van der Waals surface area contributed by atoms with Crippen molar-refractivity contribution in [2.75, 3.05) is 5.32 Å². The van der Waals surface area contributed by atoms with Gasteiger partial charge in [-0.15, -0.1) is 0 Å². The number of benzene rings is 1. The molecule has 2 aliphatic rings. The molecule has 194 valence electrons. The summed E-state index contributed by atoms with van der Waals surface area (Å²) in [4.78, 5) is 30.4. The molecule has 2 fully saturated rings. The third kappa shape index (κ3) is 5.10. The Hall–Kier alpha value is -3.69. The standard InChI is InChI=1S/C27H28F3N5O2/c1-3-35-22(9-11-32-35)25(36)34-24(19-13-17-12-18(17)14-19)26(37)33-20-6-4-16(5-7-20)23-15(2)31-10-8-21(23)27(28,29)30/h4-11,17-19,24H,3,12-14H2,1-2H3,(H,33,37)(H,34,36). The molecule has 3 atom stereocenters. The van der Waals surface area contributed by atoms with Crippen LogP contribution < -0.4 is 10.6 Å². The highest BCUT2D eigenvalue weighted by atomic mass is 19.4. The van der Waals surface area contributed by atoms with Gasteiger partial charge in [-0.25, -0.2) is 0 Å². The zero-order chi connectivity index (χ0) is 26.3. The summed E-state index contributed by atoms with van der Waals surface area (Å²) < 4.78 is 42.3. The molecule has 0 bridgehead atoms. The fraction of sp³-hybridized carbons (Fsp3) is 0.407. The summed E-state index contributed by atoms with van der Waals surface area (Å²) in [5, 5.41) is 9.91. The average Bonchev–Trinajstić information content (AvgIpc) is 3.24. The number of fused-ring (bicyclic) bond motifs is 1. The normalized spacial score (nSPS) is 21.3. The van der Waals surface area contributed by atoms with Crippen molar-refractivity contribution in [3.05, 3.63) is 65.7 Å². The van der Waals surface area contributed by atoms with Gasteiger partial charge in [-0.2, -0.15) is 18.3 Å². The summed E-state index contributed by atoms with van der Waals surface area (Å²) in [6.45, 7) is 3.94. The second-order valence-corrected chi connectivity index (χ2v) is 9.85. The van der Waals surface area contributed by atoms with Crippen molar-refractivity contribution in [3.8, 4) is 11.1 Å². The third-order valence-electron chi connectivity index (χ3n) is 7.46. The van der Waals surface area contributed by atoms with Gasteiger partial charge in [0.25, 0.3) is 5.91 Å². The molecule has 2 aromatic heterocycles. The van der Waals surface area contributed by atoms with Crippen molar-refractivity contribution < 1.29 is 22.8 Å². The van der Waals surface area contributed by atoms with Crippen LogP contribution in [-0.2, 0) is 17.5 Å². The number of anilines is 1. The minimum atomic E-state index is -4.52. The van der Waals surface area contributed by atoms with Gasteiger partial charge in [0.2, 0.25) is 5.91 Å². The number of pyridine rings is 1. The maximum atomic E-state index is 13.6. The maximum Gasteiger partial charge on any atom is 0.417 e. The average molecular weight is 512 g/mol. The molecular weight excluding hydrogens is 483 g/mol. The fourth-order valence-electron chi connectivity index (χ4n) is 5.53. The Balaban J connectivity index is 1.35. The van der Waals surface area contributed by atoms with Crippen molar-refractivity contribution in [1.82, 2.24) is 20.1 Å². The topological polar surface area (TPSA) is 88.9 Å². The molecule has 3 unspecified atom stereocenters. The number of aromatic nitrogens is 3. The van der Waals surface area contributed by atoms with Gasteiger partial charge in [-0.1, -0.05) is 12.1 Å². The Morgan fingerprint density at radius 3 is 2.41 bits per heavy atom. The van der Waals surface area contributed by atoms with Crippen molar-refractivity contribution in [2.24, 2.45) is 17.8 Å². The lowest BCUT2D eigenvalue weighted by molar-refractivity contribution is -0.137. The largest absolute Gasteiger partial charge is 0.417 e. The number of hydrogen-bond acceptors (Lipinski definition) is 4. The Labute approximate surface area is 212 Å². The molecular formula is C27H28F3N5O2. The second-order valence-electron chi connectivity index (χ2n) is 9.85. The summed E-state index contributed by atoms with van der Waals surface area (Å²) in [7, 11) is 0. The number of halogens is 3. The number of aryl methyl sites for hydroxylation is 2. The van der Waals surface area contributed by atoms with Crippen LogP contribution in [0.2, 0.25) is 0 Å². The lowest BCUT2D eigenvalue weighted by Crippen LogP contribution is -2.48. The lowest BCUT2D eigenvalue weighted by atomic mass is 9.93. The van der Waals surface area contributed by atoms with Crippen LogP contribution in [0, 0.1) is 24.7 Å². The summed E-state index contributed by atoms with van der Waals surface area (Å²) >= 11 is 0. The Bertz CT molecular complexity index is 1310. The van der Waals surface area contributed by atoms with E-state index in [-0.39, 0.29) is 29.0 Å². The molecule has 0 spiro atoms. The van der Waals surface area contributed by atoms with Crippen molar-refractivity contribution in [2.45, 2.75) is 51.9 Å². The number of nitrogens with zero attached hydrogens (tertiary/aromatic N) is 3. The summed E-state index contributed by atoms with van der Waals surface area (Å²) in [5.41, 5.74) is 0.691. The van der Waals surface area contributed by atoms with Gasteiger partial charge in [0, 0.05) is 35.9 Å². The maximum absolute atomic E-state index is 13.6. The van der Waals surface area contributed by atoms with E-state index in [1.54, 1.807) is 29.1 Å². The minimum Gasteiger partial charge on any atom is -0.339 e. The highest BCUT2D eigenvalue weighted by Crippen LogP contribution is 2.55. The van der Waals surface area contributed by atoms with Gasteiger partial charge in [0.05, 0.1) is 5.56 Å². The lowest BCUT2D eigenvalue weighted by Gasteiger charge is -2.25. The quantitative estimate of drug-likeness (QED) is 0.463. The molecule has 5 rings (SSSR count). The first-order valence-corrected chi connectivity index (χ1v) is 12.4. The highest BCUT2D eigenvalue weighted by molar-refractivity contribution is 6.00. The van der Waals surface area contributed by atoms with Gasteiger partial charge in [-0.3, -0.25) is 19.3 Å². The minimum absolute atomic E-state index is 0.00994. The van der Waals surface area contributed by atoms with Crippen LogP contribution in [-0.4, -0.2) is 32.6 Å². The van der Waals surface area contributed by atoms with E-state index in [2.05, 4.69) is 20.7 Å². The molecule has 0 saturated heterocycles. The number of hydrogen-bond donors (Lipinski definition) is 2. The van der Waals surface area contributed by atoms with E-state index in [1.807, 2.05) is 6.92 Å². The molecule has 2 amide bonds. The number of alkyl halides is 3. The monoisotopic (exact) mass is 511 g/mol. The number of rotatable bonds is 7. The SMILES string of the molecule is CCn1nccc1C(=O)NC(C(=O)Nc1ccc(-c2c(C(F)(F)F)ccnc2C)cc1)C1CC2CC2C1. The number of carbonyl (C=O) groups excluding carboxylic acids is 2. The van der Waals surface area contributed by atoms with Crippen molar-refractivity contribution in [1.29, 1.82) is 0 Å². The molecule has 0 aliphatic heterocycles. The van der Waals surface area contributed by atoms with E-state index in [0.717, 1.165) is 25.1 Å².